The van der Waals surface area contributed by atoms with Crippen LogP contribution in [0.15, 0.2) is 18.2 Å². The van der Waals surface area contributed by atoms with Gasteiger partial charge in [-0.05, 0) is 39.0 Å². The summed E-state index contributed by atoms with van der Waals surface area (Å²) in [7, 11) is 0. The number of carbonyl (C=O) groups is 2. The lowest BCUT2D eigenvalue weighted by Gasteiger charge is -2.35. The first-order valence-corrected chi connectivity index (χ1v) is 8.59. The van der Waals surface area contributed by atoms with E-state index >= 15 is 0 Å². The fraction of sp³-hybridized carbons (Fsp3) is 0.529. The Bertz CT molecular complexity index is 629. The first-order chi connectivity index (χ1) is 11.2. The second-order valence-electron chi connectivity index (χ2n) is 6.77. The van der Waals surface area contributed by atoms with Gasteiger partial charge in [0.05, 0.1) is 11.6 Å². The van der Waals surface area contributed by atoms with Gasteiger partial charge in [0.1, 0.15) is 11.6 Å². The Morgan fingerprint density at radius 1 is 1.33 bits per heavy atom. The van der Waals surface area contributed by atoms with Gasteiger partial charge in [-0.25, -0.2) is 0 Å². The third-order valence-corrected chi connectivity index (χ3v) is 4.16. The van der Waals surface area contributed by atoms with E-state index in [2.05, 4.69) is 5.32 Å². The maximum atomic E-state index is 12.6. The molecule has 0 amide bonds. The molecule has 1 fully saturated rings. The number of ketones is 1. The highest BCUT2D eigenvalue weighted by Gasteiger charge is 2.33. The number of rotatable bonds is 4. The van der Waals surface area contributed by atoms with Gasteiger partial charge in [-0.15, -0.1) is 0 Å². The summed E-state index contributed by atoms with van der Waals surface area (Å²) in [6.45, 7) is 7.32. The van der Waals surface area contributed by atoms with Crippen molar-refractivity contribution < 1.29 is 14.3 Å². The normalized spacial score (nSPS) is 19.1. The van der Waals surface area contributed by atoms with Crippen LogP contribution < -0.4 is 5.32 Å². The Morgan fingerprint density at radius 3 is 2.67 bits per heavy atom. The lowest BCUT2D eigenvalue weighted by Crippen LogP contribution is -2.57. The minimum absolute atomic E-state index is 0.104. The molecule has 1 aliphatic rings. The topological polar surface area (TPSA) is 58.6 Å². The van der Waals surface area contributed by atoms with Gasteiger partial charge in [0.2, 0.25) is 0 Å². The molecule has 0 radical (unpaired) electrons. The summed E-state index contributed by atoms with van der Waals surface area (Å²) in [4.78, 5) is 26.8. The third-order valence-electron chi connectivity index (χ3n) is 3.61. The summed E-state index contributed by atoms with van der Waals surface area (Å²) in [6, 6.07) is 4.29. The SMILES string of the molecule is CC(C)(C)OC(=O)C1CNCCN1CC(=O)c1ccc(Cl)cc1Cl. The molecule has 1 unspecified atom stereocenters. The van der Waals surface area contributed by atoms with Crippen LogP contribution in [0.1, 0.15) is 31.1 Å². The first-order valence-electron chi connectivity index (χ1n) is 7.83. The molecule has 1 aliphatic heterocycles. The van der Waals surface area contributed by atoms with Gasteiger partial charge in [-0.3, -0.25) is 14.5 Å². The van der Waals surface area contributed by atoms with Crippen molar-refractivity contribution in [2.45, 2.75) is 32.4 Å². The molecule has 2 rings (SSSR count). The fourth-order valence-electron chi connectivity index (χ4n) is 2.52. The number of esters is 1. The van der Waals surface area contributed by atoms with Crippen molar-refractivity contribution in [1.29, 1.82) is 0 Å². The van der Waals surface area contributed by atoms with Crippen LogP contribution in [-0.2, 0) is 9.53 Å². The minimum Gasteiger partial charge on any atom is -0.459 e. The second-order valence-corrected chi connectivity index (χ2v) is 7.61. The van der Waals surface area contributed by atoms with Gasteiger partial charge in [-0.1, -0.05) is 23.2 Å². The number of carbonyl (C=O) groups excluding carboxylic acids is 2. The van der Waals surface area contributed by atoms with E-state index in [1.54, 1.807) is 18.2 Å². The zero-order chi connectivity index (χ0) is 17.9. The summed E-state index contributed by atoms with van der Waals surface area (Å²) < 4.78 is 5.46. The van der Waals surface area contributed by atoms with Crippen molar-refractivity contribution in [2.75, 3.05) is 26.2 Å². The molecule has 24 heavy (non-hydrogen) atoms. The maximum absolute atomic E-state index is 12.6. The summed E-state index contributed by atoms with van der Waals surface area (Å²) in [5.41, 5.74) is -0.161. The van der Waals surface area contributed by atoms with E-state index in [0.29, 0.717) is 35.2 Å². The zero-order valence-electron chi connectivity index (χ0n) is 14.1. The Kier molecular flexibility index (Phi) is 6.26. The molecule has 0 aromatic heterocycles. The number of nitrogens with zero attached hydrogens (tertiary/aromatic N) is 1. The Labute approximate surface area is 152 Å². The number of benzene rings is 1. The van der Waals surface area contributed by atoms with Crippen LogP contribution in [0.4, 0.5) is 0 Å². The molecule has 132 valence electrons. The molecule has 1 heterocycles. The van der Waals surface area contributed by atoms with E-state index in [9.17, 15) is 9.59 Å². The van der Waals surface area contributed by atoms with Crippen LogP contribution in [0.2, 0.25) is 10.0 Å². The summed E-state index contributed by atoms with van der Waals surface area (Å²) in [6.07, 6.45) is 0. The van der Waals surface area contributed by atoms with Crippen LogP contribution >= 0.6 is 23.2 Å². The predicted octanol–water partition coefficient (Wildman–Crippen LogP) is 2.79. The van der Waals surface area contributed by atoms with Crippen LogP contribution in [0, 0.1) is 0 Å². The van der Waals surface area contributed by atoms with Crippen molar-refractivity contribution in [3.8, 4) is 0 Å². The van der Waals surface area contributed by atoms with E-state index in [0.717, 1.165) is 0 Å². The van der Waals surface area contributed by atoms with Gasteiger partial charge in [0.15, 0.2) is 5.78 Å². The molecule has 0 aliphatic carbocycles. The number of ether oxygens (including phenoxy) is 1. The van der Waals surface area contributed by atoms with E-state index in [1.165, 1.54) is 0 Å². The van der Waals surface area contributed by atoms with Gasteiger partial charge in [0, 0.05) is 30.2 Å². The van der Waals surface area contributed by atoms with Gasteiger partial charge >= 0.3 is 5.97 Å². The minimum atomic E-state index is -0.566. The van der Waals surface area contributed by atoms with Crippen LogP contribution in [0.25, 0.3) is 0 Å². The molecule has 1 N–H and O–H groups in total. The van der Waals surface area contributed by atoms with E-state index in [4.69, 9.17) is 27.9 Å². The lowest BCUT2D eigenvalue weighted by molar-refractivity contribution is -0.161. The molecule has 1 aromatic rings. The molecule has 1 atom stereocenters. The summed E-state index contributed by atoms with van der Waals surface area (Å²) in [5, 5.41) is 3.96. The lowest BCUT2D eigenvalue weighted by atomic mass is 10.1. The summed E-state index contributed by atoms with van der Waals surface area (Å²) >= 11 is 12.0. The molecular formula is C17H22Cl2N2O3. The quantitative estimate of drug-likeness (QED) is 0.650. The molecule has 0 bridgehead atoms. The predicted molar refractivity (Wildman–Crippen MR) is 94.9 cm³/mol. The third kappa shape index (κ3) is 5.18. The number of nitrogens with one attached hydrogen (secondary N) is 1. The largest absolute Gasteiger partial charge is 0.459 e. The highest BCUT2D eigenvalue weighted by Crippen LogP contribution is 2.22. The summed E-state index contributed by atoms with van der Waals surface area (Å²) in [5.74, 6) is -0.475. The van der Waals surface area contributed by atoms with Crippen LogP contribution in [0.3, 0.4) is 0 Å². The number of halogens is 2. The molecule has 0 spiro atoms. The Morgan fingerprint density at radius 2 is 2.04 bits per heavy atom. The number of hydrogen-bond donors (Lipinski definition) is 1. The molecule has 1 aromatic carbocycles. The average Bonchev–Trinajstić information content (AvgIpc) is 2.45. The van der Waals surface area contributed by atoms with Crippen molar-refractivity contribution in [2.24, 2.45) is 0 Å². The van der Waals surface area contributed by atoms with Crippen LogP contribution in [0.5, 0.6) is 0 Å². The van der Waals surface area contributed by atoms with E-state index < -0.39 is 11.6 Å². The highest BCUT2D eigenvalue weighted by molar-refractivity contribution is 6.36. The number of Topliss-reactive ketones (excluding diaryl/α,β-unsaturated/α-hetero) is 1. The number of piperazine rings is 1. The van der Waals surface area contributed by atoms with Crippen LogP contribution in [-0.4, -0.2) is 54.5 Å². The average molecular weight is 373 g/mol. The van der Waals surface area contributed by atoms with Gasteiger partial charge < -0.3 is 10.1 Å². The molecule has 5 nitrogen and oxygen atoms in total. The molecular weight excluding hydrogens is 351 g/mol. The highest BCUT2D eigenvalue weighted by atomic mass is 35.5. The fourth-order valence-corrected chi connectivity index (χ4v) is 3.04. The smallest absolute Gasteiger partial charge is 0.325 e. The standard InChI is InChI=1S/C17H22Cl2N2O3/c1-17(2,3)24-16(23)14-9-20-6-7-21(14)10-15(22)12-5-4-11(18)8-13(12)19/h4-5,8,14,20H,6-7,9-10H2,1-3H3. The Balaban J connectivity index is 2.10. The monoisotopic (exact) mass is 372 g/mol. The van der Waals surface area contributed by atoms with Gasteiger partial charge in [0.25, 0.3) is 0 Å². The zero-order valence-corrected chi connectivity index (χ0v) is 15.6. The second kappa shape index (κ2) is 7.83. The molecule has 7 heteroatoms. The Hall–Kier alpha value is -1.14. The van der Waals surface area contributed by atoms with E-state index in [-0.39, 0.29) is 18.3 Å². The van der Waals surface area contributed by atoms with Gasteiger partial charge in [-0.2, -0.15) is 0 Å². The maximum Gasteiger partial charge on any atom is 0.325 e. The first kappa shape index (κ1) is 19.2. The van der Waals surface area contributed by atoms with Crippen molar-refractivity contribution >= 4 is 35.0 Å². The molecule has 1 saturated heterocycles. The van der Waals surface area contributed by atoms with Crippen molar-refractivity contribution in [3.05, 3.63) is 33.8 Å². The number of hydrogen-bond acceptors (Lipinski definition) is 5. The van der Waals surface area contributed by atoms with E-state index in [1.807, 2.05) is 25.7 Å². The molecule has 0 saturated carbocycles. The van der Waals surface area contributed by atoms with Crippen molar-refractivity contribution in [3.63, 3.8) is 0 Å². The van der Waals surface area contributed by atoms with Crippen molar-refractivity contribution in [1.82, 2.24) is 10.2 Å².